The predicted octanol–water partition coefficient (Wildman–Crippen LogP) is 0.967. The van der Waals surface area contributed by atoms with Crippen molar-refractivity contribution in [1.29, 1.82) is 0 Å². The van der Waals surface area contributed by atoms with Crippen molar-refractivity contribution in [2.24, 2.45) is 0 Å². The highest BCUT2D eigenvalue weighted by molar-refractivity contribution is 5.82. The first-order chi connectivity index (χ1) is 7.71. The van der Waals surface area contributed by atoms with Crippen LogP contribution in [0.25, 0.3) is 10.9 Å². The summed E-state index contributed by atoms with van der Waals surface area (Å²) in [5, 5.41) is 14.3. The highest BCUT2D eigenvalue weighted by Gasteiger charge is 2.37. The zero-order valence-corrected chi connectivity index (χ0v) is 9.08. The first kappa shape index (κ1) is 9.69. The van der Waals surface area contributed by atoms with Gasteiger partial charge in [0.15, 0.2) is 0 Å². The van der Waals surface area contributed by atoms with Crippen LogP contribution in [0, 0.1) is 0 Å². The van der Waals surface area contributed by atoms with Gasteiger partial charge in [-0.2, -0.15) is 0 Å². The molecule has 1 fully saturated rings. The molecule has 1 saturated heterocycles. The molecule has 0 amide bonds. The molecule has 0 spiro atoms. The van der Waals surface area contributed by atoms with Gasteiger partial charge in [-0.15, -0.1) is 0 Å². The lowest BCUT2D eigenvalue weighted by atomic mass is 9.93. The van der Waals surface area contributed by atoms with Gasteiger partial charge in [0.2, 0.25) is 0 Å². The predicted molar refractivity (Wildman–Crippen MR) is 61.6 cm³/mol. The van der Waals surface area contributed by atoms with E-state index in [9.17, 15) is 5.11 Å². The van der Waals surface area contributed by atoms with Crippen LogP contribution in [0.4, 0.5) is 0 Å². The minimum atomic E-state index is -0.730. The zero-order valence-electron chi connectivity index (χ0n) is 9.08. The van der Waals surface area contributed by atoms with Crippen LogP contribution < -0.4 is 10.1 Å². The van der Waals surface area contributed by atoms with Crippen molar-refractivity contribution in [3.05, 3.63) is 30.0 Å². The van der Waals surface area contributed by atoms with Gasteiger partial charge in [0.25, 0.3) is 0 Å². The summed E-state index contributed by atoms with van der Waals surface area (Å²) < 4.78 is 5.16. The van der Waals surface area contributed by atoms with Gasteiger partial charge in [-0.3, -0.25) is 0 Å². The number of hydrogen-bond acceptors (Lipinski definition) is 3. The topological polar surface area (TPSA) is 57.3 Å². The summed E-state index contributed by atoms with van der Waals surface area (Å²) in [6.07, 6.45) is 0. The second-order valence-corrected chi connectivity index (χ2v) is 4.27. The number of rotatable bonds is 2. The number of H-pyrrole nitrogens is 1. The maximum atomic E-state index is 10.2. The first-order valence-corrected chi connectivity index (χ1v) is 5.32. The molecule has 16 heavy (non-hydrogen) atoms. The minimum Gasteiger partial charge on any atom is -0.497 e. The van der Waals surface area contributed by atoms with Gasteiger partial charge in [0, 0.05) is 30.1 Å². The van der Waals surface area contributed by atoms with Gasteiger partial charge < -0.3 is 20.1 Å². The molecule has 3 N–H and O–H groups in total. The monoisotopic (exact) mass is 218 g/mol. The highest BCUT2D eigenvalue weighted by atomic mass is 16.5. The van der Waals surface area contributed by atoms with Crippen LogP contribution >= 0.6 is 0 Å². The van der Waals surface area contributed by atoms with Crippen LogP contribution in [0.3, 0.4) is 0 Å². The minimum absolute atomic E-state index is 0.608. The molecule has 1 aromatic carbocycles. The SMILES string of the molecule is COc1ccc2cc(C3(O)CNC3)[nH]c2c1. The second kappa shape index (κ2) is 3.23. The molecule has 0 unspecified atom stereocenters. The Balaban J connectivity index is 2.08. The zero-order chi connectivity index (χ0) is 11.2. The maximum absolute atomic E-state index is 10.2. The molecule has 0 saturated carbocycles. The Morgan fingerprint density at radius 3 is 2.75 bits per heavy atom. The van der Waals surface area contributed by atoms with E-state index >= 15 is 0 Å². The third-order valence-electron chi connectivity index (χ3n) is 3.17. The normalized spacial score (nSPS) is 18.4. The maximum Gasteiger partial charge on any atom is 0.129 e. The largest absolute Gasteiger partial charge is 0.497 e. The van der Waals surface area contributed by atoms with Crippen LogP contribution in [0.15, 0.2) is 24.3 Å². The Morgan fingerprint density at radius 1 is 1.31 bits per heavy atom. The molecule has 2 heterocycles. The van der Waals surface area contributed by atoms with E-state index in [1.165, 1.54) is 0 Å². The molecule has 1 aliphatic heterocycles. The molecular weight excluding hydrogens is 204 g/mol. The van der Waals surface area contributed by atoms with Crippen molar-refractivity contribution in [3.8, 4) is 5.75 Å². The number of nitrogens with one attached hydrogen (secondary N) is 2. The molecule has 2 aromatic rings. The summed E-state index contributed by atoms with van der Waals surface area (Å²) in [4.78, 5) is 3.24. The fraction of sp³-hybridized carbons (Fsp3) is 0.333. The van der Waals surface area contributed by atoms with Gasteiger partial charge in [-0.25, -0.2) is 0 Å². The quantitative estimate of drug-likeness (QED) is 0.704. The molecule has 0 bridgehead atoms. The van der Waals surface area contributed by atoms with Crippen molar-refractivity contribution in [3.63, 3.8) is 0 Å². The van der Waals surface area contributed by atoms with Crippen molar-refractivity contribution in [1.82, 2.24) is 10.3 Å². The molecule has 1 aromatic heterocycles. The third kappa shape index (κ3) is 1.31. The molecule has 84 valence electrons. The van der Waals surface area contributed by atoms with E-state index in [1.807, 2.05) is 24.3 Å². The van der Waals surface area contributed by atoms with E-state index in [0.717, 1.165) is 22.3 Å². The molecule has 4 heteroatoms. The summed E-state index contributed by atoms with van der Waals surface area (Å²) >= 11 is 0. The summed E-state index contributed by atoms with van der Waals surface area (Å²) in [7, 11) is 1.65. The lowest BCUT2D eigenvalue weighted by Gasteiger charge is -2.36. The Bertz CT molecular complexity index is 529. The number of methoxy groups -OCH3 is 1. The summed E-state index contributed by atoms with van der Waals surface area (Å²) in [6, 6.07) is 7.84. The number of aliphatic hydroxyl groups is 1. The lowest BCUT2D eigenvalue weighted by Crippen LogP contribution is -2.56. The molecule has 4 nitrogen and oxygen atoms in total. The van der Waals surface area contributed by atoms with Crippen molar-refractivity contribution in [2.75, 3.05) is 20.2 Å². The highest BCUT2D eigenvalue weighted by Crippen LogP contribution is 2.29. The van der Waals surface area contributed by atoms with Gasteiger partial charge in [-0.05, 0) is 18.2 Å². The van der Waals surface area contributed by atoms with Crippen LogP contribution in [0.1, 0.15) is 5.69 Å². The molecule has 0 aliphatic carbocycles. The Hall–Kier alpha value is -1.52. The number of fused-ring (bicyclic) bond motifs is 1. The van der Waals surface area contributed by atoms with Crippen LogP contribution in [-0.4, -0.2) is 30.3 Å². The van der Waals surface area contributed by atoms with E-state index < -0.39 is 5.60 Å². The number of aromatic amines is 1. The van der Waals surface area contributed by atoms with Crippen molar-refractivity contribution >= 4 is 10.9 Å². The molecule has 0 atom stereocenters. The van der Waals surface area contributed by atoms with E-state index in [-0.39, 0.29) is 0 Å². The fourth-order valence-electron chi connectivity index (χ4n) is 2.04. The Morgan fingerprint density at radius 2 is 2.12 bits per heavy atom. The van der Waals surface area contributed by atoms with Crippen LogP contribution in [0.5, 0.6) is 5.75 Å². The summed E-state index contributed by atoms with van der Waals surface area (Å²) in [5.74, 6) is 0.819. The van der Waals surface area contributed by atoms with Crippen molar-refractivity contribution < 1.29 is 9.84 Å². The molecular formula is C12H14N2O2. The Kier molecular flexibility index (Phi) is 1.96. The van der Waals surface area contributed by atoms with Crippen LogP contribution in [0.2, 0.25) is 0 Å². The Labute approximate surface area is 93.2 Å². The summed E-state index contributed by atoms with van der Waals surface area (Å²) in [6.45, 7) is 1.22. The average Bonchev–Trinajstić information content (AvgIpc) is 2.68. The van der Waals surface area contributed by atoms with Gasteiger partial charge in [0.1, 0.15) is 11.4 Å². The number of aromatic nitrogens is 1. The standard InChI is InChI=1S/C12H14N2O2/c1-16-9-3-2-8-4-11(14-10(8)5-9)12(15)6-13-7-12/h2-5,13-15H,6-7H2,1H3. The molecule has 1 aliphatic rings. The van der Waals surface area contributed by atoms with E-state index in [2.05, 4.69) is 10.3 Å². The van der Waals surface area contributed by atoms with E-state index in [4.69, 9.17) is 4.74 Å². The van der Waals surface area contributed by atoms with Gasteiger partial charge in [0.05, 0.1) is 12.8 Å². The van der Waals surface area contributed by atoms with E-state index in [0.29, 0.717) is 13.1 Å². The molecule has 3 rings (SSSR count). The van der Waals surface area contributed by atoms with E-state index in [1.54, 1.807) is 7.11 Å². The van der Waals surface area contributed by atoms with Gasteiger partial charge in [-0.1, -0.05) is 0 Å². The second-order valence-electron chi connectivity index (χ2n) is 4.27. The number of benzene rings is 1. The summed E-state index contributed by atoms with van der Waals surface area (Å²) in [5.41, 5.74) is 1.14. The third-order valence-corrected chi connectivity index (χ3v) is 3.17. The average molecular weight is 218 g/mol. The van der Waals surface area contributed by atoms with Gasteiger partial charge >= 0.3 is 0 Å². The van der Waals surface area contributed by atoms with Crippen molar-refractivity contribution in [2.45, 2.75) is 5.60 Å². The van der Waals surface area contributed by atoms with Crippen LogP contribution in [-0.2, 0) is 5.60 Å². The number of ether oxygens (including phenoxy) is 1. The smallest absolute Gasteiger partial charge is 0.129 e. The fourth-order valence-corrected chi connectivity index (χ4v) is 2.04. The lowest BCUT2D eigenvalue weighted by molar-refractivity contribution is -0.0179. The number of β-amino-alcohol motifs (C(OH)–C–C–N with tert-alkyl or cyclic N) is 1. The molecule has 0 radical (unpaired) electrons. The number of hydrogen-bond donors (Lipinski definition) is 3. The first-order valence-electron chi connectivity index (χ1n) is 5.32.